The van der Waals surface area contributed by atoms with Gasteiger partial charge in [-0.25, -0.2) is 4.98 Å². The van der Waals surface area contributed by atoms with E-state index in [2.05, 4.69) is 52.2 Å². The first-order valence-electron chi connectivity index (χ1n) is 8.24. The second kappa shape index (κ2) is 10.3. The highest BCUT2D eigenvalue weighted by Gasteiger charge is 2.21. The van der Waals surface area contributed by atoms with Crippen molar-refractivity contribution in [1.82, 2.24) is 19.6 Å². The highest BCUT2D eigenvalue weighted by molar-refractivity contribution is 14.0. The number of aryl methyl sites for hydroxylation is 1. The van der Waals surface area contributed by atoms with Crippen molar-refractivity contribution in [3.8, 4) is 0 Å². The zero-order chi connectivity index (χ0) is 15.9. The van der Waals surface area contributed by atoms with Crippen LogP contribution >= 0.6 is 35.5 Å². The van der Waals surface area contributed by atoms with E-state index in [0.717, 1.165) is 62.6 Å². The van der Waals surface area contributed by atoms with Crippen molar-refractivity contribution >= 4 is 46.6 Å². The van der Waals surface area contributed by atoms with Crippen LogP contribution in [0.3, 0.4) is 0 Å². The summed E-state index contributed by atoms with van der Waals surface area (Å²) in [4.78, 5) is 14.0. The molecule has 0 atom stereocenters. The van der Waals surface area contributed by atoms with Crippen molar-refractivity contribution < 1.29 is 0 Å². The van der Waals surface area contributed by atoms with Gasteiger partial charge in [-0.05, 0) is 12.8 Å². The highest BCUT2D eigenvalue weighted by Crippen LogP contribution is 2.19. The molecule has 0 aromatic carbocycles. The third-order valence-electron chi connectivity index (χ3n) is 3.56. The number of aromatic nitrogens is 2. The minimum absolute atomic E-state index is 0. The largest absolute Gasteiger partial charge is 0.357 e. The SMILES string of the molecule is CCNC(=NCC(C)C)N1CCN(c2nc(CC)ns2)CC1.I. The summed E-state index contributed by atoms with van der Waals surface area (Å²) in [6, 6.07) is 0. The monoisotopic (exact) mass is 452 g/mol. The molecular formula is C15H29IN6S. The van der Waals surface area contributed by atoms with Gasteiger partial charge in [-0.15, -0.1) is 24.0 Å². The lowest BCUT2D eigenvalue weighted by atomic mass is 10.2. The number of hydrogen-bond acceptors (Lipinski definition) is 5. The van der Waals surface area contributed by atoms with E-state index >= 15 is 0 Å². The van der Waals surface area contributed by atoms with Crippen LogP contribution < -0.4 is 10.2 Å². The Morgan fingerprint density at radius 1 is 1.26 bits per heavy atom. The predicted octanol–water partition coefficient (Wildman–Crippen LogP) is 2.46. The Kier molecular flexibility index (Phi) is 9.11. The third-order valence-corrected chi connectivity index (χ3v) is 4.38. The Morgan fingerprint density at radius 2 is 1.96 bits per heavy atom. The minimum Gasteiger partial charge on any atom is -0.357 e. The molecule has 8 heteroatoms. The Balaban J connectivity index is 0.00000264. The zero-order valence-electron chi connectivity index (χ0n) is 14.6. The first-order chi connectivity index (χ1) is 10.6. The predicted molar refractivity (Wildman–Crippen MR) is 109 cm³/mol. The van der Waals surface area contributed by atoms with Gasteiger partial charge in [-0.1, -0.05) is 20.8 Å². The van der Waals surface area contributed by atoms with Gasteiger partial charge in [0, 0.05) is 57.2 Å². The fraction of sp³-hybridized carbons (Fsp3) is 0.800. The molecule has 1 fully saturated rings. The average molecular weight is 452 g/mol. The van der Waals surface area contributed by atoms with Crippen LogP contribution in [0.5, 0.6) is 0 Å². The second-order valence-corrected chi connectivity index (χ2v) is 6.64. The lowest BCUT2D eigenvalue weighted by molar-refractivity contribution is 0.371. The second-order valence-electron chi connectivity index (χ2n) is 5.91. The van der Waals surface area contributed by atoms with E-state index in [1.807, 2.05) is 0 Å². The standard InChI is InChI=1S/C15H28N6S.HI/c1-5-13-18-15(22-19-13)21-9-7-20(8-10-21)14(16-6-2)17-11-12(3)4;/h12H,5-11H2,1-4H3,(H,16,17);1H. The normalized spacial score (nSPS) is 15.8. The van der Waals surface area contributed by atoms with Crippen molar-refractivity contribution in [1.29, 1.82) is 0 Å². The van der Waals surface area contributed by atoms with Gasteiger partial charge in [0.2, 0.25) is 5.13 Å². The number of nitrogens with one attached hydrogen (secondary N) is 1. The Morgan fingerprint density at radius 3 is 2.48 bits per heavy atom. The van der Waals surface area contributed by atoms with Gasteiger partial charge < -0.3 is 15.1 Å². The highest BCUT2D eigenvalue weighted by atomic mass is 127. The number of aliphatic imine (C=N–C) groups is 1. The molecule has 1 aliphatic rings. The van der Waals surface area contributed by atoms with E-state index in [0.29, 0.717) is 5.92 Å². The topological polar surface area (TPSA) is 56.7 Å². The van der Waals surface area contributed by atoms with Gasteiger partial charge >= 0.3 is 0 Å². The summed E-state index contributed by atoms with van der Waals surface area (Å²) < 4.78 is 4.38. The summed E-state index contributed by atoms with van der Waals surface area (Å²) in [6.45, 7) is 14.3. The van der Waals surface area contributed by atoms with Gasteiger partial charge in [-0.3, -0.25) is 4.99 Å². The molecule has 0 bridgehead atoms. The first-order valence-corrected chi connectivity index (χ1v) is 9.02. The molecule has 1 saturated heterocycles. The number of nitrogens with zero attached hydrogens (tertiary/aromatic N) is 5. The van der Waals surface area contributed by atoms with Gasteiger partial charge in [-0.2, -0.15) is 4.37 Å². The van der Waals surface area contributed by atoms with Crippen molar-refractivity contribution in [3.05, 3.63) is 5.82 Å². The molecule has 0 spiro atoms. The maximum Gasteiger partial charge on any atom is 0.205 e. The maximum absolute atomic E-state index is 4.74. The molecule has 2 heterocycles. The molecule has 0 amide bonds. The molecule has 1 N–H and O–H groups in total. The molecule has 1 aromatic rings. The van der Waals surface area contributed by atoms with Gasteiger partial charge in [0.05, 0.1) is 0 Å². The summed E-state index contributed by atoms with van der Waals surface area (Å²) in [5, 5.41) is 4.46. The Hall–Kier alpha value is -0.640. The van der Waals surface area contributed by atoms with Crippen molar-refractivity contribution in [3.63, 3.8) is 0 Å². The van der Waals surface area contributed by atoms with E-state index in [1.54, 1.807) is 0 Å². The van der Waals surface area contributed by atoms with E-state index in [-0.39, 0.29) is 24.0 Å². The summed E-state index contributed by atoms with van der Waals surface area (Å²) in [5.41, 5.74) is 0. The molecule has 0 saturated carbocycles. The van der Waals surface area contributed by atoms with Gasteiger partial charge in [0.25, 0.3) is 0 Å². The van der Waals surface area contributed by atoms with Crippen LogP contribution in [0.4, 0.5) is 5.13 Å². The molecule has 132 valence electrons. The molecule has 2 rings (SSSR count). The third kappa shape index (κ3) is 6.06. The number of halogens is 1. The number of rotatable bonds is 5. The quantitative estimate of drug-likeness (QED) is 0.423. The molecule has 23 heavy (non-hydrogen) atoms. The van der Waals surface area contributed by atoms with Crippen LogP contribution in [0.25, 0.3) is 0 Å². The van der Waals surface area contributed by atoms with E-state index in [9.17, 15) is 0 Å². The Labute approximate surface area is 160 Å². The number of hydrogen-bond donors (Lipinski definition) is 1. The average Bonchev–Trinajstić information content (AvgIpc) is 3.00. The molecule has 6 nitrogen and oxygen atoms in total. The maximum atomic E-state index is 4.74. The molecule has 0 unspecified atom stereocenters. The molecule has 0 aliphatic carbocycles. The van der Waals surface area contributed by atoms with Crippen LogP contribution in [0.2, 0.25) is 0 Å². The summed E-state index contributed by atoms with van der Waals surface area (Å²) >= 11 is 1.52. The fourth-order valence-corrected chi connectivity index (χ4v) is 3.12. The van der Waals surface area contributed by atoms with E-state index < -0.39 is 0 Å². The number of anilines is 1. The smallest absolute Gasteiger partial charge is 0.205 e. The summed E-state index contributed by atoms with van der Waals surface area (Å²) in [6.07, 6.45) is 0.906. The summed E-state index contributed by atoms with van der Waals surface area (Å²) in [5.74, 6) is 2.58. The molecule has 1 aromatic heterocycles. The van der Waals surface area contributed by atoms with Crippen molar-refractivity contribution in [2.45, 2.75) is 34.1 Å². The molecule has 0 radical (unpaired) electrons. The fourth-order valence-electron chi connectivity index (χ4n) is 2.32. The Bertz CT molecular complexity index is 482. The molecular weight excluding hydrogens is 423 g/mol. The van der Waals surface area contributed by atoms with Crippen LogP contribution in [0.1, 0.15) is 33.5 Å². The summed E-state index contributed by atoms with van der Waals surface area (Å²) in [7, 11) is 0. The zero-order valence-corrected chi connectivity index (χ0v) is 17.7. The van der Waals surface area contributed by atoms with E-state index in [4.69, 9.17) is 4.99 Å². The van der Waals surface area contributed by atoms with Gasteiger partial charge in [0.1, 0.15) is 5.82 Å². The minimum atomic E-state index is 0. The number of guanidine groups is 1. The van der Waals surface area contributed by atoms with Crippen LogP contribution in [0.15, 0.2) is 4.99 Å². The van der Waals surface area contributed by atoms with Crippen molar-refractivity contribution in [2.75, 3.05) is 44.2 Å². The van der Waals surface area contributed by atoms with E-state index in [1.165, 1.54) is 11.5 Å². The lowest BCUT2D eigenvalue weighted by Crippen LogP contribution is -2.52. The van der Waals surface area contributed by atoms with Crippen LogP contribution in [-0.4, -0.2) is 59.5 Å². The van der Waals surface area contributed by atoms with Gasteiger partial charge in [0.15, 0.2) is 5.96 Å². The number of piperazine rings is 1. The lowest BCUT2D eigenvalue weighted by Gasteiger charge is -2.36. The van der Waals surface area contributed by atoms with Crippen LogP contribution in [-0.2, 0) is 6.42 Å². The van der Waals surface area contributed by atoms with Crippen LogP contribution in [0, 0.1) is 5.92 Å². The first kappa shape index (κ1) is 20.4. The molecule has 1 aliphatic heterocycles. The van der Waals surface area contributed by atoms with Crippen molar-refractivity contribution in [2.24, 2.45) is 10.9 Å².